The molecule has 6 heteroatoms. The standard InChI is InChI=1S/C13H14N2O4/c1-8(16)11-5-4-10(17-3)6-12(11)18-7-13-14-9(2)19-15-13/h4-6H,7H2,1-3H3. The lowest BCUT2D eigenvalue weighted by atomic mass is 10.1. The monoisotopic (exact) mass is 262 g/mol. The van der Waals surface area contributed by atoms with Gasteiger partial charge < -0.3 is 14.0 Å². The summed E-state index contributed by atoms with van der Waals surface area (Å²) in [5.74, 6) is 1.87. The fraction of sp³-hybridized carbons (Fsp3) is 0.308. The van der Waals surface area contributed by atoms with Crippen molar-refractivity contribution in [2.75, 3.05) is 7.11 Å². The van der Waals surface area contributed by atoms with Crippen molar-refractivity contribution >= 4 is 5.78 Å². The Bertz CT molecular complexity index is 592. The molecule has 0 aliphatic rings. The Hall–Kier alpha value is -2.37. The molecule has 0 aliphatic heterocycles. The molecule has 0 saturated carbocycles. The largest absolute Gasteiger partial charge is 0.497 e. The lowest BCUT2D eigenvalue weighted by molar-refractivity contribution is 0.101. The summed E-state index contributed by atoms with van der Waals surface area (Å²) in [6, 6.07) is 5.03. The first kappa shape index (κ1) is 13.1. The van der Waals surface area contributed by atoms with Gasteiger partial charge in [0.25, 0.3) is 0 Å². The Morgan fingerprint density at radius 1 is 1.42 bits per heavy atom. The van der Waals surface area contributed by atoms with Crippen LogP contribution >= 0.6 is 0 Å². The average Bonchev–Trinajstić information content (AvgIpc) is 2.81. The third kappa shape index (κ3) is 3.09. The van der Waals surface area contributed by atoms with Crippen LogP contribution in [0.25, 0.3) is 0 Å². The van der Waals surface area contributed by atoms with E-state index in [1.807, 2.05) is 0 Å². The van der Waals surface area contributed by atoms with Crippen molar-refractivity contribution in [3.05, 3.63) is 35.5 Å². The second-order valence-electron chi connectivity index (χ2n) is 3.94. The molecule has 0 atom stereocenters. The molecule has 1 aromatic heterocycles. The number of methoxy groups -OCH3 is 1. The molecule has 19 heavy (non-hydrogen) atoms. The number of hydrogen-bond donors (Lipinski definition) is 0. The summed E-state index contributed by atoms with van der Waals surface area (Å²) in [5, 5.41) is 3.72. The van der Waals surface area contributed by atoms with Gasteiger partial charge in [-0.2, -0.15) is 4.98 Å². The fourth-order valence-corrected chi connectivity index (χ4v) is 1.58. The highest BCUT2D eigenvalue weighted by Gasteiger charge is 2.11. The molecular formula is C13H14N2O4. The van der Waals surface area contributed by atoms with Crippen LogP contribution in [0, 0.1) is 6.92 Å². The first-order valence-corrected chi connectivity index (χ1v) is 5.71. The number of ketones is 1. The number of aryl methyl sites for hydroxylation is 1. The van der Waals surface area contributed by atoms with Crippen LogP contribution in [0.5, 0.6) is 11.5 Å². The van der Waals surface area contributed by atoms with Crippen LogP contribution in [0.3, 0.4) is 0 Å². The summed E-state index contributed by atoms with van der Waals surface area (Å²) in [5.41, 5.74) is 0.487. The fourth-order valence-electron chi connectivity index (χ4n) is 1.58. The van der Waals surface area contributed by atoms with E-state index >= 15 is 0 Å². The van der Waals surface area contributed by atoms with Crippen LogP contribution in [-0.4, -0.2) is 23.0 Å². The molecular weight excluding hydrogens is 248 g/mol. The number of aromatic nitrogens is 2. The minimum Gasteiger partial charge on any atom is -0.497 e. The second kappa shape index (κ2) is 5.51. The number of Topliss-reactive ketones (excluding diaryl/α,β-unsaturated/α-hetero) is 1. The van der Waals surface area contributed by atoms with Crippen LogP contribution in [0.15, 0.2) is 22.7 Å². The number of carbonyl (C=O) groups excluding carboxylic acids is 1. The van der Waals surface area contributed by atoms with E-state index in [2.05, 4.69) is 10.1 Å². The van der Waals surface area contributed by atoms with Gasteiger partial charge in [0.1, 0.15) is 11.5 Å². The van der Waals surface area contributed by atoms with Crippen molar-refractivity contribution in [3.63, 3.8) is 0 Å². The number of hydrogen-bond acceptors (Lipinski definition) is 6. The van der Waals surface area contributed by atoms with Crippen LogP contribution in [0.4, 0.5) is 0 Å². The molecule has 1 aromatic carbocycles. The van der Waals surface area contributed by atoms with Crippen molar-refractivity contribution in [3.8, 4) is 11.5 Å². The third-order valence-electron chi connectivity index (χ3n) is 2.49. The molecule has 2 rings (SSSR count). The topological polar surface area (TPSA) is 74.5 Å². The van der Waals surface area contributed by atoms with E-state index in [0.29, 0.717) is 28.8 Å². The Balaban J connectivity index is 2.19. The molecule has 0 N–H and O–H groups in total. The highest BCUT2D eigenvalue weighted by molar-refractivity contribution is 5.97. The maximum atomic E-state index is 11.5. The summed E-state index contributed by atoms with van der Waals surface area (Å²) in [6.45, 7) is 3.31. The van der Waals surface area contributed by atoms with Gasteiger partial charge in [0.15, 0.2) is 12.4 Å². The van der Waals surface area contributed by atoms with Crippen molar-refractivity contribution in [2.24, 2.45) is 0 Å². The van der Waals surface area contributed by atoms with E-state index in [9.17, 15) is 4.79 Å². The number of ether oxygens (including phenoxy) is 2. The molecule has 6 nitrogen and oxygen atoms in total. The van der Waals surface area contributed by atoms with Gasteiger partial charge >= 0.3 is 0 Å². The number of rotatable bonds is 5. The van der Waals surface area contributed by atoms with Crippen molar-refractivity contribution in [1.82, 2.24) is 10.1 Å². The van der Waals surface area contributed by atoms with Gasteiger partial charge in [-0.05, 0) is 19.1 Å². The van der Waals surface area contributed by atoms with Gasteiger partial charge in [-0.3, -0.25) is 4.79 Å². The SMILES string of the molecule is COc1ccc(C(C)=O)c(OCc2noc(C)n2)c1. The van der Waals surface area contributed by atoms with Gasteiger partial charge in [0.2, 0.25) is 11.7 Å². The molecule has 2 aromatic rings. The van der Waals surface area contributed by atoms with Crippen LogP contribution in [0.2, 0.25) is 0 Å². The number of benzene rings is 1. The molecule has 0 fully saturated rings. The highest BCUT2D eigenvalue weighted by Crippen LogP contribution is 2.25. The maximum Gasteiger partial charge on any atom is 0.223 e. The lowest BCUT2D eigenvalue weighted by Crippen LogP contribution is -2.03. The Labute approximate surface area is 110 Å². The van der Waals surface area contributed by atoms with Gasteiger partial charge in [-0.25, -0.2) is 0 Å². The minimum atomic E-state index is -0.0815. The quantitative estimate of drug-likeness (QED) is 0.769. The number of carbonyl (C=O) groups is 1. The van der Waals surface area contributed by atoms with Crippen molar-refractivity contribution in [2.45, 2.75) is 20.5 Å². The van der Waals surface area contributed by atoms with E-state index in [-0.39, 0.29) is 12.4 Å². The predicted molar refractivity (Wildman–Crippen MR) is 66.4 cm³/mol. The van der Waals surface area contributed by atoms with Crippen LogP contribution in [0.1, 0.15) is 29.0 Å². The minimum absolute atomic E-state index is 0.0815. The molecule has 1 heterocycles. The summed E-state index contributed by atoms with van der Waals surface area (Å²) >= 11 is 0. The summed E-state index contributed by atoms with van der Waals surface area (Å²) < 4.78 is 15.5. The Kier molecular flexibility index (Phi) is 3.79. The van der Waals surface area contributed by atoms with Crippen molar-refractivity contribution in [1.29, 1.82) is 0 Å². The molecule has 0 spiro atoms. The first-order chi connectivity index (χ1) is 9.10. The molecule has 100 valence electrons. The number of nitrogens with zero attached hydrogens (tertiary/aromatic N) is 2. The zero-order valence-corrected chi connectivity index (χ0v) is 11.0. The highest BCUT2D eigenvalue weighted by atomic mass is 16.5. The van der Waals surface area contributed by atoms with E-state index in [4.69, 9.17) is 14.0 Å². The first-order valence-electron chi connectivity index (χ1n) is 5.71. The van der Waals surface area contributed by atoms with E-state index < -0.39 is 0 Å². The predicted octanol–water partition coefficient (Wildman–Crippen LogP) is 2.17. The van der Waals surface area contributed by atoms with Gasteiger partial charge in [0, 0.05) is 13.0 Å². The van der Waals surface area contributed by atoms with Crippen LogP contribution < -0.4 is 9.47 Å². The zero-order valence-electron chi connectivity index (χ0n) is 11.0. The zero-order chi connectivity index (χ0) is 13.8. The molecule has 0 radical (unpaired) electrons. The molecule has 0 aliphatic carbocycles. The van der Waals surface area contributed by atoms with Crippen LogP contribution in [-0.2, 0) is 6.61 Å². The molecule has 0 saturated heterocycles. The summed E-state index contributed by atoms with van der Waals surface area (Å²) in [6.07, 6.45) is 0. The third-order valence-corrected chi connectivity index (χ3v) is 2.49. The molecule has 0 amide bonds. The average molecular weight is 262 g/mol. The smallest absolute Gasteiger partial charge is 0.223 e. The normalized spacial score (nSPS) is 10.3. The van der Waals surface area contributed by atoms with E-state index in [1.165, 1.54) is 6.92 Å². The lowest BCUT2D eigenvalue weighted by Gasteiger charge is -2.09. The van der Waals surface area contributed by atoms with E-state index in [0.717, 1.165) is 0 Å². The molecule has 0 bridgehead atoms. The summed E-state index contributed by atoms with van der Waals surface area (Å²) in [7, 11) is 1.55. The van der Waals surface area contributed by atoms with Gasteiger partial charge in [-0.1, -0.05) is 5.16 Å². The van der Waals surface area contributed by atoms with Gasteiger partial charge in [-0.15, -0.1) is 0 Å². The molecule has 0 unspecified atom stereocenters. The maximum absolute atomic E-state index is 11.5. The Morgan fingerprint density at radius 2 is 2.21 bits per heavy atom. The van der Waals surface area contributed by atoms with Crippen molar-refractivity contribution < 1.29 is 18.8 Å². The summed E-state index contributed by atoms with van der Waals surface area (Å²) in [4.78, 5) is 15.5. The Morgan fingerprint density at radius 3 is 2.79 bits per heavy atom. The van der Waals surface area contributed by atoms with Gasteiger partial charge in [0.05, 0.1) is 12.7 Å². The second-order valence-corrected chi connectivity index (χ2v) is 3.94. The van der Waals surface area contributed by atoms with E-state index in [1.54, 1.807) is 32.2 Å².